The number of nitrogens with one attached hydrogen (secondary N) is 1. The Hall–Kier alpha value is -0.860. The lowest BCUT2D eigenvalue weighted by Crippen LogP contribution is -2.45. The van der Waals surface area contributed by atoms with E-state index < -0.39 is 0 Å². The fourth-order valence-electron chi connectivity index (χ4n) is 2.65. The minimum Gasteiger partial charge on any atom is -0.310 e. The number of aryl methyl sites for hydroxylation is 2. The van der Waals surface area contributed by atoms with Crippen LogP contribution in [0.15, 0.2) is 18.2 Å². The van der Waals surface area contributed by atoms with E-state index in [1.165, 1.54) is 36.1 Å². The van der Waals surface area contributed by atoms with E-state index in [-0.39, 0.29) is 0 Å². The van der Waals surface area contributed by atoms with Gasteiger partial charge in [-0.25, -0.2) is 0 Å². The Morgan fingerprint density at radius 1 is 1.28 bits per heavy atom. The van der Waals surface area contributed by atoms with Gasteiger partial charge in [-0.3, -0.25) is 0 Å². The van der Waals surface area contributed by atoms with Gasteiger partial charge in [-0.05, 0) is 63.9 Å². The largest absolute Gasteiger partial charge is 0.310 e. The first-order chi connectivity index (χ1) is 8.56. The average molecular weight is 246 g/mol. The maximum absolute atomic E-state index is 3.71. The topological polar surface area (TPSA) is 15.3 Å². The third-order valence-electron chi connectivity index (χ3n) is 4.37. The molecule has 1 saturated heterocycles. The summed E-state index contributed by atoms with van der Waals surface area (Å²) in [6.45, 7) is 8.90. The van der Waals surface area contributed by atoms with Crippen LogP contribution in [0.3, 0.4) is 0 Å². The molecule has 0 spiro atoms. The molecule has 0 amide bonds. The van der Waals surface area contributed by atoms with E-state index in [0.29, 0.717) is 12.1 Å². The molecular weight excluding hydrogens is 220 g/mol. The average Bonchev–Trinajstić information content (AvgIpc) is 2.35. The number of hydrogen-bond acceptors (Lipinski definition) is 2. The molecule has 1 fully saturated rings. The van der Waals surface area contributed by atoms with Crippen molar-refractivity contribution in [1.82, 2.24) is 10.2 Å². The lowest BCUT2D eigenvalue weighted by Gasteiger charge is -2.35. The molecule has 1 heterocycles. The van der Waals surface area contributed by atoms with E-state index in [1.54, 1.807) is 0 Å². The molecule has 100 valence electrons. The van der Waals surface area contributed by atoms with Crippen molar-refractivity contribution in [3.63, 3.8) is 0 Å². The zero-order chi connectivity index (χ0) is 13.1. The first-order valence-electron chi connectivity index (χ1n) is 7.06. The lowest BCUT2D eigenvalue weighted by atomic mass is 9.98. The standard InChI is InChI=1S/C16H26N2/c1-12-5-6-15(9-13(12)2)11-17-16-7-8-18(4)14(3)10-16/h5-6,9,14,16-17H,7-8,10-11H2,1-4H3. The fraction of sp³-hybridized carbons (Fsp3) is 0.625. The van der Waals surface area contributed by atoms with Crippen LogP contribution < -0.4 is 5.32 Å². The van der Waals surface area contributed by atoms with Gasteiger partial charge in [-0.15, -0.1) is 0 Å². The van der Waals surface area contributed by atoms with Crippen LogP contribution in [0.2, 0.25) is 0 Å². The van der Waals surface area contributed by atoms with Gasteiger partial charge < -0.3 is 10.2 Å². The highest BCUT2D eigenvalue weighted by atomic mass is 15.1. The van der Waals surface area contributed by atoms with Gasteiger partial charge in [0.15, 0.2) is 0 Å². The Bertz CT molecular complexity index is 400. The SMILES string of the molecule is Cc1ccc(CNC2CCN(C)C(C)C2)cc1C. The molecule has 1 aromatic rings. The number of rotatable bonds is 3. The highest BCUT2D eigenvalue weighted by Crippen LogP contribution is 2.16. The summed E-state index contributed by atoms with van der Waals surface area (Å²) in [6, 6.07) is 8.16. The normalized spacial score (nSPS) is 25.3. The summed E-state index contributed by atoms with van der Waals surface area (Å²) in [5, 5.41) is 3.71. The van der Waals surface area contributed by atoms with Gasteiger partial charge in [0, 0.05) is 18.6 Å². The van der Waals surface area contributed by atoms with Gasteiger partial charge in [0.1, 0.15) is 0 Å². The predicted octanol–water partition coefficient (Wildman–Crippen LogP) is 2.88. The zero-order valence-electron chi connectivity index (χ0n) is 12.2. The molecule has 2 rings (SSSR count). The van der Waals surface area contributed by atoms with Crippen LogP contribution in [0.25, 0.3) is 0 Å². The fourth-order valence-corrected chi connectivity index (χ4v) is 2.65. The summed E-state index contributed by atoms with van der Waals surface area (Å²) in [4.78, 5) is 2.45. The predicted molar refractivity (Wildman–Crippen MR) is 77.9 cm³/mol. The van der Waals surface area contributed by atoms with E-state index in [2.05, 4.69) is 56.2 Å². The van der Waals surface area contributed by atoms with Gasteiger partial charge in [0.25, 0.3) is 0 Å². The van der Waals surface area contributed by atoms with Crippen molar-refractivity contribution in [2.45, 2.75) is 52.2 Å². The molecule has 2 unspecified atom stereocenters. The van der Waals surface area contributed by atoms with Crippen LogP contribution in [0.4, 0.5) is 0 Å². The second-order valence-corrected chi connectivity index (χ2v) is 5.85. The van der Waals surface area contributed by atoms with E-state index >= 15 is 0 Å². The van der Waals surface area contributed by atoms with Gasteiger partial charge in [0.05, 0.1) is 0 Å². The molecule has 18 heavy (non-hydrogen) atoms. The summed E-state index contributed by atoms with van der Waals surface area (Å²) in [5.41, 5.74) is 4.18. The molecular formula is C16H26N2. The summed E-state index contributed by atoms with van der Waals surface area (Å²) >= 11 is 0. The number of likely N-dealkylation sites (tertiary alicyclic amines) is 1. The minimum atomic E-state index is 0.679. The van der Waals surface area contributed by atoms with Gasteiger partial charge in [0.2, 0.25) is 0 Å². The second-order valence-electron chi connectivity index (χ2n) is 5.85. The molecule has 2 nitrogen and oxygen atoms in total. The maximum Gasteiger partial charge on any atom is 0.0208 e. The second kappa shape index (κ2) is 5.85. The molecule has 1 aromatic carbocycles. The van der Waals surface area contributed by atoms with Crippen LogP contribution in [-0.2, 0) is 6.54 Å². The molecule has 1 aliphatic rings. The third-order valence-corrected chi connectivity index (χ3v) is 4.37. The molecule has 0 aliphatic carbocycles. The van der Waals surface area contributed by atoms with Gasteiger partial charge in [-0.1, -0.05) is 18.2 Å². The number of benzene rings is 1. The quantitative estimate of drug-likeness (QED) is 0.882. The molecule has 0 aromatic heterocycles. The summed E-state index contributed by atoms with van der Waals surface area (Å²) in [7, 11) is 2.23. The molecule has 0 bridgehead atoms. The van der Waals surface area contributed by atoms with Crippen LogP contribution in [-0.4, -0.2) is 30.6 Å². The summed E-state index contributed by atoms with van der Waals surface area (Å²) in [5.74, 6) is 0. The Balaban J connectivity index is 1.86. The van der Waals surface area contributed by atoms with E-state index in [9.17, 15) is 0 Å². The molecule has 2 heteroatoms. The van der Waals surface area contributed by atoms with Crippen molar-refractivity contribution in [3.8, 4) is 0 Å². The summed E-state index contributed by atoms with van der Waals surface area (Å²) in [6.07, 6.45) is 2.53. The van der Waals surface area contributed by atoms with E-state index in [1.807, 2.05) is 0 Å². The van der Waals surface area contributed by atoms with Crippen molar-refractivity contribution in [3.05, 3.63) is 34.9 Å². The number of piperidine rings is 1. The maximum atomic E-state index is 3.71. The zero-order valence-corrected chi connectivity index (χ0v) is 12.2. The third kappa shape index (κ3) is 3.33. The Morgan fingerprint density at radius 2 is 2.06 bits per heavy atom. The Labute approximate surface area is 111 Å². The molecule has 1 N–H and O–H groups in total. The van der Waals surface area contributed by atoms with Gasteiger partial charge >= 0.3 is 0 Å². The summed E-state index contributed by atoms with van der Waals surface area (Å²) < 4.78 is 0. The number of nitrogens with zero attached hydrogens (tertiary/aromatic N) is 1. The van der Waals surface area contributed by atoms with Crippen LogP contribution in [0.5, 0.6) is 0 Å². The van der Waals surface area contributed by atoms with Crippen molar-refractivity contribution in [2.24, 2.45) is 0 Å². The monoisotopic (exact) mass is 246 g/mol. The van der Waals surface area contributed by atoms with Crippen molar-refractivity contribution < 1.29 is 0 Å². The Morgan fingerprint density at radius 3 is 2.72 bits per heavy atom. The van der Waals surface area contributed by atoms with Crippen LogP contribution in [0.1, 0.15) is 36.5 Å². The Kier molecular flexibility index (Phi) is 4.41. The molecule has 0 radical (unpaired) electrons. The lowest BCUT2D eigenvalue weighted by molar-refractivity contribution is 0.168. The molecule has 2 atom stereocenters. The first-order valence-corrected chi connectivity index (χ1v) is 7.06. The van der Waals surface area contributed by atoms with Crippen molar-refractivity contribution in [1.29, 1.82) is 0 Å². The first kappa shape index (κ1) is 13.6. The van der Waals surface area contributed by atoms with E-state index in [4.69, 9.17) is 0 Å². The number of hydrogen-bond donors (Lipinski definition) is 1. The van der Waals surface area contributed by atoms with Crippen LogP contribution >= 0.6 is 0 Å². The van der Waals surface area contributed by atoms with Crippen LogP contribution in [0, 0.1) is 13.8 Å². The molecule has 0 saturated carbocycles. The van der Waals surface area contributed by atoms with Crippen molar-refractivity contribution >= 4 is 0 Å². The molecule has 1 aliphatic heterocycles. The van der Waals surface area contributed by atoms with Crippen molar-refractivity contribution in [2.75, 3.05) is 13.6 Å². The minimum absolute atomic E-state index is 0.679. The van der Waals surface area contributed by atoms with E-state index in [0.717, 1.165) is 6.54 Å². The highest BCUT2D eigenvalue weighted by Gasteiger charge is 2.21. The highest BCUT2D eigenvalue weighted by molar-refractivity contribution is 5.29. The smallest absolute Gasteiger partial charge is 0.0208 e. The van der Waals surface area contributed by atoms with Gasteiger partial charge in [-0.2, -0.15) is 0 Å².